The third-order valence-electron chi connectivity index (χ3n) is 3.13. The zero-order valence-electron chi connectivity index (χ0n) is 9.76. The van der Waals surface area contributed by atoms with Gasteiger partial charge in [0.15, 0.2) is 0 Å². The van der Waals surface area contributed by atoms with Gasteiger partial charge in [-0.25, -0.2) is 0 Å². The minimum atomic E-state index is -0.662. The lowest BCUT2D eigenvalue weighted by Crippen LogP contribution is -2.46. The maximum absolute atomic E-state index is 11.7. The molecule has 0 atom stereocenters. The SMILES string of the molecule is CCCCCCOC(=O)C1(N)CCCC1. The second kappa shape index (κ2) is 6.11. The van der Waals surface area contributed by atoms with Gasteiger partial charge in [0.2, 0.25) is 0 Å². The average molecular weight is 213 g/mol. The summed E-state index contributed by atoms with van der Waals surface area (Å²) in [5.74, 6) is -0.184. The van der Waals surface area contributed by atoms with E-state index in [4.69, 9.17) is 10.5 Å². The molecule has 2 N–H and O–H groups in total. The summed E-state index contributed by atoms with van der Waals surface area (Å²) in [6.07, 6.45) is 8.22. The van der Waals surface area contributed by atoms with E-state index >= 15 is 0 Å². The van der Waals surface area contributed by atoms with Gasteiger partial charge in [-0.15, -0.1) is 0 Å². The van der Waals surface area contributed by atoms with Gasteiger partial charge in [0.1, 0.15) is 5.54 Å². The van der Waals surface area contributed by atoms with Crippen LogP contribution in [-0.2, 0) is 9.53 Å². The van der Waals surface area contributed by atoms with Crippen LogP contribution in [0.25, 0.3) is 0 Å². The Labute approximate surface area is 92.4 Å². The Morgan fingerprint density at radius 2 is 1.93 bits per heavy atom. The van der Waals surface area contributed by atoms with Crippen molar-refractivity contribution >= 4 is 5.97 Å². The van der Waals surface area contributed by atoms with E-state index in [0.717, 1.165) is 38.5 Å². The molecular formula is C12H23NO2. The summed E-state index contributed by atoms with van der Waals surface area (Å²) in [6.45, 7) is 2.71. The molecule has 0 aliphatic heterocycles. The Morgan fingerprint density at radius 1 is 1.27 bits per heavy atom. The monoisotopic (exact) mass is 213 g/mol. The van der Waals surface area contributed by atoms with E-state index in [0.29, 0.717) is 6.61 Å². The summed E-state index contributed by atoms with van der Waals surface area (Å²) in [4.78, 5) is 11.7. The van der Waals surface area contributed by atoms with Gasteiger partial charge in [0.05, 0.1) is 6.61 Å². The van der Waals surface area contributed by atoms with Crippen molar-refractivity contribution in [2.75, 3.05) is 6.61 Å². The number of carbonyl (C=O) groups is 1. The Hall–Kier alpha value is -0.570. The fraction of sp³-hybridized carbons (Fsp3) is 0.917. The van der Waals surface area contributed by atoms with Gasteiger partial charge >= 0.3 is 5.97 Å². The third kappa shape index (κ3) is 3.82. The predicted octanol–water partition coefficient (Wildman–Crippen LogP) is 2.38. The van der Waals surface area contributed by atoms with E-state index in [2.05, 4.69) is 6.92 Å². The van der Waals surface area contributed by atoms with E-state index in [-0.39, 0.29) is 5.97 Å². The molecule has 1 fully saturated rings. The summed E-state index contributed by atoms with van der Waals surface area (Å²) >= 11 is 0. The van der Waals surface area contributed by atoms with Crippen LogP contribution in [-0.4, -0.2) is 18.1 Å². The van der Waals surface area contributed by atoms with Crippen molar-refractivity contribution in [3.8, 4) is 0 Å². The normalized spacial score (nSPS) is 19.1. The van der Waals surface area contributed by atoms with Crippen molar-refractivity contribution in [1.82, 2.24) is 0 Å². The number of carbonyl (C=O) groups excluding carboxylic acids is 1. The van der Waals surface area contributed by atoms with E-state index in [1.165, 1.54) is 12.8 Å². The maximum atomic E-state index is 11.7. The van der Waals surface area contributed by atoms with Gasteiger partial charge in [-0.1, -0.05) is 39.0 Å². The third-order valence-corrected chi connectivity index (χ3v) is 3.13. The second-order valence-corrected chi connectivity index (χ2v) is 4.56. The van der Waals surface area contributed by atoms with E-state index in [9.17, 15) is 4.79 Å². The van der Waals surface area contributed by atoms with Crippen LogP contribution in [0.2, 0.25) is 0 Å². The summed E-state index contributed by atoms with van der Waals surface area (Å²) in [5.41, 5.74) is 5.31. The van der Waals surface area contributed by atoms with E-state index < -0.39 is 5.54 Å². The highest BCUT2D eigenvalue weighted by Gasteiger charge is 2.38. The molecule has 0 aromatic carbocycles. The fourth-order valence-corrected chi connectivity index (χ4v) is 2.05. The number of unbranched alkanes of at least 4 members (excludes halogenated alkanes) is 3. The Bertz CT molecular complexity index is 198. The molecule has 1 aliphatic rings. The summed E-state index contributed by atoms with van der Waals surface area (Å²) < 4.78 is 5.21. The van der Waals surface area contributed by atoms with Crippen LogP contribution in [0.15, 0.2) is 0 Å². The fourth-order valence-electron chi connectivity index (χ4n) is 2.05. The number of ether oxygens (including phenoxy) is 1. The van der Waals surface area contributed by atoms with Crippen molar-refractivity contribution in [3.63, 3.8) is 0 Å². The molecule has 0 spiro atoms. The molecule has 0 saturated heterocycles. The van der Waals surface area contributed by atoms with Gasteiger partial charge in [0.25, 0.3) is 0 Å². The van der Waals surface area contributed by atoms with Crippen molar-refractivity contribution in [2.24, 2.45) is 5.73 Å². The van der Waals surface area contributed by atoms with Gasteiger partial charge in [-0.2, -0.15) is 0 Å². The van der Waals surface area contributed by atoms with E-state index in [1.807, 2.05) is 0 Å². The van der Waals surface area contributed by atoms with Gasteiger partial charge < -0.3 is 10.5 Å². The predicted molar refractivity (Wildman–Crippen MR) is 60.5 cm³/mol. The zero-order chi connectivity index (χ0) is 11.1. The molecule has 0 bridgehead atoms. The van der Waals surface area contributed by atoms with E-state index in [1.54, 1.807) is 0 Å². The van der Waals surface area contributed by atoms with Crippen LogP contribution in [0, 0.1) is 0 Å². The zero-order valence-corrected chi connectivity index (χ0v) is 9.76. The number of esters is 1. The van der Waals surface area contributed by atoms with Crippen molar-refractivity contribution in [3.05, 3.63) is 0 Å². The van der Waals surface area contributed by atoms with Crippen LogP contribution < -0.4 is 5.73 Å². The van der Waals surface area contributed by atoms with Crippen LogP contribution in [0.1, 0.15) is 58.3 Å². The number of hydrogen-bond donors (Lipinski definition) is 1. The Balaban J connectivity index is 2.12. The first-order valence-corrected chi connectivity index (χ1v) is 6.15. The molecule has 15 heavy (non-hydrogen) atoms. The van der Waals surface area contributed by atoms with Gasteiger partial charge in [-0.05, 0) is 19.3 Å². The Morgan fingerprint density at radius 3 is 2.53 bits per heavy atom. The van der Waals surface area contributed by atoms with Crippen LogP contribution in [0.3, 0.4) is 0 Å². The first-order valence-electron chi connectivity index (χ1n) is 6.15. The Kier molecular flexibility index (Phi) is 5.09. The largest absolute Gasteiger partial charge is 0.464 e. The molecule has 0 radical (unpaired) electrons. The smallest absolute Gasteiger partial charge is 0.326 e. The summed E-state index contributed by atoms with van der Waals surface area (Å²) in [7, 11) is 0. The molecule has 0 aromatic rings. The van der Waals surface area contributed by atoms with Gasteiger partial charge in [0, 0.05) is 0 Å². The van der Waals surface area contributed by atoms with Crippen LogP contribution in [0.5, 0.6) is 0 Å². The van der Waals surface area contributed by atoms with Gasteiger partial charge in [-0.3, -0.25) is 4.79 Å². The minimum Gasteiger partial charge on any atom is -0.464 e. The molecule has 0 heterocycles. The molecule has 1 rings (SSSR count). The molecule has 1 aliphatic carbocycles. The summed E-state index contributed by atoms with van der Waals surface area (Å²) in [6, 6.07) is 0. The van der Waals surface area contributed by atoms with Crippen molar-refractivity contribution in [2.45, 2.75) is 63.8 Å². The number of hydrogen-bond acceptors (Lipinski definition) is 3. The molecular weight excluding hydrogens is 190 g/mol. The lowest BCUT2D eigenvalue weighted by Gasteiger charge is -2.20. The van der Waals surface area contributed by atoms with Crippen molar-refractivity contribution < 1.29 is 9.53 Å². The molecule has 0 unspecified atom stereocenters. The highest BCUT2D eigenvalue weighted by atomic mass is 16.5. The second-order valence-electron chi connectivity index (χ2n) is 4.56. The molecule has 3 nitrogen and oxygen atoms in total. The highest BCUT2D eigenvalue weighted by molar-refractivity contribution is 5.80. The lowest BCUT2D eigenvalue weighted by atomic mass is 10.00. The highest BCUT2D eigenvalue weighted by Crippen LogP contribution is 2.28. The summed E-state index contributed by atoms with van der Waals surface area (Å²) in [5, 5.41) is 0. The quantitative estimate of drug-likeness (QED) is 0.544. The van der Waals surface area contributed by atoms with Crippen molar-refractivity contribution in [1.29, 1.82) is 0 Å². The number of rotatable bonds is 6. The lowest BCUT2D eigenvalue weighted by molar-refractivity contribution is -0.150. The molecule has 1 saturated carbocycles. The maximum Gasteiger partial charge on any atom is 0.326 e. The number of nitrogens with two attached hydrogens (primary N) is 1. The molecule has 88 valence electrons. The molecule has 0 amide bonds. The topological polar surface area (TPSA) is 52.3 Å². The molecule has 3 heteroatoms. The minimum absolute atomic E-state index is 0.184. The van der Waals surface area contributed by atoms with Crippen LogP contribution in [0.4, 0.5) is 0 Å². The average Bonchev–Trinajstić information content (AvgIpc) is 2.66. The first-order chi connectivity index (χ1) is 7.19. The first kappa shape index (κ1) is 12.5. The standard InChI is InChI=1S/C12H23NO2/c1-2-3-4-7-10-15-11(14)12(13)8-5-6-9-12/h2-10,13H2,1H3. The van der Waals surface area contributed by atoms with Crippen LogP contribution >= 0.6 is 0 Å². The molecule has 0 aromatic heterocycles.